The highest BCUT2D eigenvalue weighted by Crippen LogP contribution is 2.64. The molecule has 4 atom stereocenters. The number of carbonyl (C=O) groups excluding carboxylic acids is 3. The summed E-state index contributed by atoms with van der Waals surface area (Å²) in [5, 5.41) is 10.4. The first-order valence-electron chi connectivity index (χ1n) is 9.31. The second-order valence-corrected chi connectivity index (χ2v) is 9.74. The molecule has 1 saturated heterocycles. The van der Waals surface area contributed by atoms with Crippen LogP contribution in [0.2, 0.25) is 0 Å². The van der Waals surface area contributed by atoms with Gasteiger partial charge in [0.05, 0.1) is 23.2 Å². The number of Topliss-reactive ketones (excluding diaryl/α,β-unsaturated/α-hetero) is 3. The predicted octanol–water partition coefficient (Wildman–Crippen LogP) is 2.47. The second kappa shape index (κ2) is 5.23. The Morgan fingerprint density at radius 2 is 1.84 bits per heavy atom. The van der Waals surface area contributed by atoms with Crippen LogP contribution >= 0.6 is 0 Å². The van der Waals surface area contributed by atoms with Crippen molar-refractivity contribution in [2.75, 3.05) is 0 Å². The molecule has 25 heavy (non-hydrogen) atoms. The Kier molecular flexibility index (Phi) is 3.91. The van der Waals surface area contributed by atoms with E-state index in [-0.39, 0.29) is 29.7 Å². The van der Waals surface area contributed by atoms with E-state index in [1.54, 1.807) is 27.7 Å². The molecule has 1 N–H and O–H groups in total. The van der Waals surface area contributed by atoms with E-state index in [1.165, 1.54) is 0 Å². The standard InChI is InChI=1S/C20H30O5/c1-11(2)15(22)20-12(21)9-13-19(16(20)23,8-7-17(20,3)4)10-14(25-13)18(5,6)24/h11,13-14,24H,7-10H2,1-6H3/t13-,14+,19+,20-/m1/s1. The summed E-state index contributed by atoms with van der Waals surface area (Å²) in [6.07, 6.45) is 0.683. The molecular formula is C20H30O5. The molecule has 2 saturated carbocycles. The van der Waals surface area contributed by atoms with Crippen molar-refractivity contribution in [3.8, 4) is 0 Å². The largest absolute Gasteiger partial charge is 0.388 e. The van der Waals surface area contributed by atoms with E-state index in [9.17, 15) is 19.5 Å². The Morgan fingerprint density at radius 1 is 1.24 bits per heavy atom. The van der Waals surface area contributed by atoms with E-state index in [1.807, 2.05) is 13.8 Å². The zero-order valence-electron chi connectivity index (χ0n) is 16.1. The third-order valence-corrected chi connectivity index (χ3v) is 6.97. The summed E-state index contributed by atoms with van der Waals surface area (Å²) < 4.78 is 6.00. The van der Waals surface area contributed by atoms with E-state index >= 15 is 0 Å². The maximum absolute atomic E-state index is 13.8. The van der Waals surface area contributed by atoms with E-state index < -0.39 is 34.1 Å². The Balaban J connectivity index is 2.15. The van der Waals surface area contributed by atoms with Crippen LogP contribution in [0, 0.1) is 22.2 Å². The fraction of sp³-hybridized carbons (Fsp3) is 0.850. The summed E-state index contributed by atoms with van der Waals surface area (Å²) in [6, 6.07) is 0. The maximum atomic E-state index is 13.8. The minimum Gasteiger partial charge on any atom is -0.388 e. The molecule has 0 amide bonds. The lowest BCUT2D eigenvalue weighted by Gasteiger charge is -2.57. The van der Waals surface area contributed by atoms with Gasteiger partial charge in [0.25, 0.3) is 0 Å². The van der Waals surface area contributed by atoms with Crippen LogP contribution in [0.4, 0.5) is 0 Å². The summed E-state index contributed by atoms with van der Waals surface area (Å²) in [6.45, 7) is 10.6. The molecule has 0 aromatic rings. The molecule has 0 aromatic heterocycles. The monoisotopic (exact) mass is 350 g/mol. The molecule has 5 heteroatoms. The molecule has 0 unspecified atom stereocenters. The topological polar surface area (TPSA) is 80.7 Å². The molecule has 1 spiro atoms. The zero-order chi connectivity index (χ0) is 19.0. The van der Waals surface area contributed by atoms with Crippen molar-refractivity contribution < 1.29 is 24.2 Å². The highest BCUT2D eigenvalue weighted by atomic mass is 16.5. The first-order chi connectivity index (χ1) is 11.3. The minimum atomic E-state index is -1.56. The lowest BCUT2D eigenvalue weighted by Crippen LogP contribution is -2.69. The molecular weight excluding hydrogens is 320 g/mol. The predicted molar refractivity (Wildman–Crippen MR) is 91.9 cm³/mol. The SMILES string of the molecule is CC(C)C(=O)[C@@]12C(=O)C[C@H]3O[C@H](C(C)(C)O)C[C@]3(CCC1(C)C)C2=O. The third kappa shape index (κ3) is 2.18. The van der Waals surface area contributed by atoms with Crippen LogP contribution in [0.25, 0.3) is 0 Å². The van der Waals surface area contributed by atoms with Gasteiger partial charge in [0.2, 0.25) is 0 Å². The lowest BCUT2D eigenvalue weighted by molar-refractivity contribution is -0.183. The highest BCUT2D eigenvalue weighted by molar-refractivity contribution is 6.28. The third-order valence-electron chi connectivity index (χ3n) is 6.97. The molecule has 1 aliphatic heterocycles. The van der Waals surface area contributed by atoms with E-state index in [0.29, 0.717) is 19.3 Å². The Labute approximate surface area is 149 Å². The summed E-state index contributed by atoms with van der Waals surface area (Å²) >= 11 is 0. The summed E-state index contributed by atoms with van der Waals surface area (Å²) in [5.74, 6) is -1.18. The van der Waals surface area contributed by atoms with E-state index in [4.69, 9.17) is 4.74 Å². The summed E-state index contributed by atoms with van der Waals surface area (Å²) in [4.78, 5) is 40.2. The first-order valence-corrected chi connectivity index (χ1v) is 9.31. The maximum Gasteiger partial charge on any atom is 0.163 e. The average Bonchev–Trinajstić information content (AvgIpc) is 2.83. The van der Waals surface area contributed by atoms with Crippen LogP contribution in [-0.2, 0) is 19.1 Å². The van der Waals surface area contributed by atoms with Gasteiger partial charge in [0.1, 0.15) is 0 Å². The summed E-state index contributed by atoms with van der Waals surface area (Å²) in [5.41, 5.74) is -4.16. The molecule has 5 nitrogen and oxygen atoms in total. The zero-order valence-corrected chi connectivity index (χ0v) is 16.1. The molecule has 0 radical (unpaired) electrons. The molecule has 0 aromatic carbocycles. The van der Waals surface area contributed by atoms with Gasteiger partial charge >= 0.3 is 0 Å². The van der Waals surface area contributed by atoms with Gasteiger partial charge < -0.3 is 9.84 Å². The highest BCUT2D eigenvalue weighted by Gasteiger charge is 2.75. The van der Waals surface area contributed by atoms with Crippen molar-refractivity contribution in [2.45, 2.75) is 85.0 Å². The fourth-order valence-electron chi connectivity index (χ4n) is 5.36. The number of fused-ring (bicyclic) bond motifs is 1. The van der Waals surface area contributed by atoms with Crippen molar-refractivity contribution in [2.24, 2.45) is 22.2 Å². The van der Waals surface area contributed by atoms with Gasteiger partial charge in [0, 0.05) is 12.3 Å². The number of rotatable bonds is 3. The molecule has 3 rings (SSSR count). The second-order valence-electron chi connectivity index (χ2n) is 9.74. The van der Waals surface area contributed by atoms with Gasteiger partial charge in [-0.25, -0.2) is 0 Å². The molecule has 3 fully saturated rings. The van der Waals surface area contributed by atoms with E-state index in [0.717, 1.165) is 0 Å². The van der Waals surface area contributed by atoms with Crippen molar-refractivity contribution in [3.05, 3.63) is 0 Å². The number of hydrogen-bond donors (Lipinski definition) is 1. The van der Waals surface area contributed by atoms with Gasteiger partial charge in [0.15, 0.2) is 22.8 Å². The molecule has 140 valence electrons. The first kappa shape index (κ1) is 18.7. The van der Waals surface area contributed by atoms with Gasteiger partial charge in [-0.2, -0.15) is 0 Å². The van der Waals surface area contributed by atoms with Crippen LogP contribution in [0.5, 0.6) is 0 Å². The molecule has 3 aliphatic rings. The number of hydrogen-bond acceptors (Lipinski definition) is 5. The smallest absolute Gasteiger partial charge is 0.163 e. The minimum absolute atomic E-state index is 0.0835. The van der Waals surface area contributed by atoms with Crippen molar-refractivity contribution in [3.63, 3.8) is 0 Å². The number of carbonyl (C=O) groups is 3. The van der Waals surface area contributed by atoms with Gasteiger partial charge in [-0.1, -0.05) is 27.7 Å². The van der Waals surface area contributed by atoms with Crippen LogP contribution in [0.15, 0.2) is 0 Å². The number of ether oxygens (including phenoxy) is 1. The van der Waals surface area contributed by atoms with Crippen molar-refractivity contribution in [1.82, 2.24) is 0 Å². The molecule has 1 heterocycles. The van der Waals surface area contributed by atoms with Crippen LogP contribution in [-0.4, -0.2) is 40.3 Å². The van der Waals surface area contributed by atoms with Crippen molar-refractivity contribution >= 4 is 17.3 Å². The van der Waals surface area contributed by atoms with Gasteiger partial charge in [-0.3, -0.25) is 14.4 Å². The fourth-order valence-corrected chi connectivity index (χ4v) is 5.36. The number of ketones is 3. The van der Waals surface area contributed by atoms with Crippen LogP contribution in [0.1, 0.15) is 67.2 Å². The van der Waals surface area contributed by atoms with Gasteiger partial charge in [-0.05, 0) is 38.5 Å². The molecule has 2 bridgehead atoms. The lowest BCUT2D eigenvalue weighted by atomic mass is 9.42. The summed E-state index contributed by atoms with van der Waals surface area (Å²) in [7, 11) is 0. The van der Waals surface area contributed by atoms with Gasteiger partial charge in [-0.15, -0.1) is 0 Å². The van der Waals surface area contributed by atoms with Crippen molar-refractivity contribution in [1.29, 1.82) is 0 Å². The molecule has 2 aliphatic carbocycles. The average molecular weight is 350 g/mol. The Hall–Kier alpha value is -1.07. The quantitative estimate of drug-likeness (QED) is 0.791. The Bertz CT molecular complexity index is 641. The van der Waals surface area contributed by atoms with Crippen LogP contribution < -0.4 is 0 Å². The van der Waals surface area contributed by atoms with E-state index in [2.05, 4.69) is 0 Å². The Morgan fingerprint density at radius 3 is 2.36 bits per heavy atom. The van der Waals surface area contributed by atoms with Crippen LogP contribution in [0.3, 0.4) is 0 Å². The number of aliphatic hydroxyl groups is 1. The normalized spacial score (nSPS) is 40.3.